The summed E-state index contributed by atoms with van der Waals surface area (Å²) in [6.45, 7) is 7.40. The number of carbonyl (C=O) groups excluding carboxylic acids is 2. The Bertz CT molecular complexity index is 309. The molecule has 1 aliphatic heterocycles. The Labute approximate surface area is 108 Å². The second-order valence-corrected chi connectivity index (χ2v) is 5.45. The molecule has 1 rings (SSSR count). The third-order valence-corrected chi connectivity index (χ3v) is 3.20. The van der Waals surface area contributed by atoms with Crippen molar-refractivity contribution in [3.8, 4) is 0 Å². The number of hydrogen-bond donors (Lipinski definition) is 4. The quantitative estimate of drug-likeness (QED) is 0.510. The highest BCUT2D eigenvalue weighted by atomic mass is 16.2. The van der Waals surface area contributed by atoms with Crippen LogP contribution in [0.25, 0.3) is 0 Å². The minimum atomic E-state index is -0.597. The summed E-state index contributed by atoms with van der Waals surface area (Å²) in [4.78, 5) is 23.5. The van der Waals surface area contributed by atoms with E-state index >= 15 is 0 Å². The molecule has 2 atom stereocenters. The summed E-state index contributed by atoms with van der Waals surface area (Å²) in [5, 5.41) is 11.8. The fourth-order valence-electron chi connectivity index (χ4n) is 1.82. The number of nitrogens with one attached hydrogen (secondary N) is 4. The number of hydrogen-bond acceptors (Lipinski definition) is 4. The van der Waals surface area contributed by atoms with Gasteiger partial charge in [-0.2, -0.15) is 0 Å². The summed E-state index contributed by atoms with van der Waals surface area (Å²) in [5.41, 5.74) is -0.597. The maximum atomic E-state index is 11.9. The molecule has 0 saturated carbocycles. The molecule has 104 valence electrons. The highest BCUT2D eigenvalue weighted by molar-refractivity contribution is 5.85. The molecule has 18 heavy (non-hydrogen) atoms. The molecule has 0 aromatic rings. The fourth-order valence-corrected chi connectivity index (χ4v) is 1.82. The molecule has 2 unspecified atom stereocenters. The average molecular weight is 256 g/mol. The van der Waals surface area contributed by atoms with Crippen molar-refractivity contribution in [1.29, 1.82) is 0 Å². The van der Waals surface area contributed by atoms with E-state index in [4.69, 9.17) is 0 Å². The number of carbonyl (C=O) groups is 2. The topological polar surface area (TPSA) is 82.3 Å². The van der Waals surface area contributed by atoms with Crippen LogP contribution in [0.5, 0.6) is 0 Å². The van der Waals surface area contributed by atoms with Crippen LogP contribution in [0.1, 0.15) is 20.8 Å². The van der Waals surface area contributed by atoms with Gasteiger partial charge in [0.25, 0.3) is 0 Å². The van der Waals surface area contributed by atoms with Gasteiger partial charge >= 0.3 is 0 Å². The Kier molecular flexibility index (Phi) is 5.10. The van der Waals surface area contributed by atoms with Gasteiger partial charge in [0.2, 0.25) is 11.8 Å². The van der Waals surface area contributed by atoms with E-state index in [2.05, 4.69) is 28.2 Å². The van der Waals surface area contributed by atoms with E-state index in [1.165, 1.54) is 0 Å². The van der Waals surface area contributed by atoms with Crippen LogP contribution in [0.2, 0.25) is 0 Å². The Morgan fingerprint density at radius 3 is 2.44 bits per heavy atom. The van der Waals surface area contributed by atoms with Crippen LogP contribution in [0.15, 0.2) is 0 Å². The monoisotopic (exact) mass is 256 g/mol. The molecule has 6 heteroatoms. The first-order valence-corrected chi connectivity index (χ1v) is 6.33. The highest BCUT2D eigenvalue weighted by Gasteiger charge is 2.29. The van der Waals surface area contributed by atoms with Gasteiger partial charge in [-0.1, -0.05) is 0 Å². The van der Waals surface area contributed by atoms with E-state index in [1.54, 1.807) is 20.9 Å². The smallest absolute Gasteiger partial charge is 0.238 e. The predicted octanol–water partition coefficient (Wildman–Crippen LogP) is -1.18. The van der Waals surface area contributed by atoms with Crippen LogP contribution >= 0.6 is 0 Å². The summed E-state index contributed by atoms with van der Waals surface area (Å²) in [6.07, 6.45) is 0. The maximum Gasteiger partial charge on any atom is 0.238 e. The highest BCUT2D eigenvalue weighted by Crippen LogP contribution is 2.13. The second-order valence-electron chi connectivity index (χ2n) is 5.45. The lowest BCUT2D eigenvalue weighted by Gasteiger charge is -2.29. The first-order chi connectivity index (χ1) is 8.36. The van der Waals surface area contributed by atoms with Gasteiger partial charge in [-0.15, -0.1) is 0 Å². The normalized spacial score (nSPS) is 24.4. The van der Waals surface area contributed by atoms with Crippen LogP contribution in [-0.2, 0) is 9.59 Å². The van der Waals surface area contributed by atoms with E-state index in [9.17, 15) is 9.59 Å². The van der Waals surface area contributed by atoms with Crippen molar-refractivity contribution in [2.24, 2.45) is 5.41 Å². The number of rotatable bonds is 4. The molecule has 1 aliphatic rings. The van der Waals surface area contributed by atoms with E-state index in [0.29, 0.717) is 19.1 Å². The SMILES string of the molecule is CNC(=O)C(C)(C)CNC(=O)C1CNC(C)CN1. The average Bonchev–Trinajstić information content (AvgIpc) is 2.35. The minimum absolute atomic E-state index is 0.0635. The molecule has 0 aromatic carbocycles. The molecule has 0 radical (unpaired) electrons. The van der Waals surface area contributed by atoms with E-state index in [0.717, 1.165) is 6.54 Å². The third-order valence-electron chi connectivity index (χ3n) is 3.20. The Morgan fingerprint density at radius 1 is 1.28 bits per heavy atom. The van der Waals surface area contributed by atoms with E-state index in [-0.39, 0.29) is 17.9 Å². The van der Waals surface area contributed by atoms with Gasteiger partial charge in [-0.05, 0) is 20.8 Å². The lowest BCUT2D eigenvalue weighted by atomic mass is 9.92. The van der Waals surface area contributed by atoms with Crippen LogP contribution in [-0.4, -0.2) is 50.6 Å². The van der Waals surface area contributed by atoms with Gasteiger partial charge in [0, 0.05) is 32.7 Å². The maximum absolute atomic E-state index is 11.9. The summed E-state index contributed by atoms with van der Waals surface area (Å²) in [5.74, 6) is -0.141. The largest absolute Gasteiger partial charge is 0.359 e. The van der Waals surface area contributed by atoms with Crippen LogP contribution in [0, 0.1) is 5.41 Å². The van der Waals surface area contributed by atoms with Crippen molar-refractivity contribution in [1.82, 2.24) is 21.3 Å². The summed E-state index contributed by atoms with van der Waals surface area (Å²) < 4.78 is 0. The van der Waals surface area contributed by atoms with E-state index in [1.807, 2.05) is 0 Å². The molecule has 0 aromatic heterocycles. The second kappa shape index (κ2) is 6.15. The fraction of sp³-hybridized carbons (Fsp3) is 0.833. The van der Waals surface area contributed by atoms with Gasteiger partial charge in [0.05, 0.1) is 11.5 Å². The summed E-state index contributed by atoms with van der Waals surface area (Å²) in [7, 11) is 1.60. The molecule has 1 fully saturated rings. The Balaban J connectivity index is 2.39. The molecule has 0 aliphatic carbocycles. The van der Waals surface area contributed by atoms with Gasteiger partial charge in [-0.3, -0.25) is 9.59 Å². The van der Waals surface area contributed by atoms with Crippen molar-refractivity contribution < 1.29 is 9.59 Å². The number of amides is 2. The lowest BCUT2D eigenvalue weighted by molar-refractivity contribution is -0.129. The van der Waals surface area contributed by atoms with Crippen LogP contribution < -0.4 is 21.3 Å². The molecule has 0 bridgehead atoms. The lowest BCUT2D eigenvalue weighted by Crippen LogP contribution is -2.59. The number of piperazine rings is 1. The zero-order valence-corrected chi connectivity index (χ0v) is 11.6. The van der Waals surface area contributed by atoms with Crippen molar-refractivity contribution >= 4 is 11.8 Å². The first-order valence-electron chi connectivity index (χ1n) is 6.33. The van der Waals surface area contributed by atoms with Crippen LogP contribution in [0.3, 0.4) is 0 Å². The first kappa shape index (κ1) is 14.9. The molecule has 6 nitrogen and oxygen atoms in total. The van der Waals surface area contributed by atoms with Gasteiger partial charge < -0.3 is 21.3 Å². The summed E-state index contributed by atoms with van der Waals surface area (Å²) >= 11 is 0. The molecule has 1 heterocycles. The van der Waals surface area contributed by atoms with Gasteiger partial charge in [0.15, 0.2) is 0 Å². The van der Waals surface area contributed by atoms with Crippen molar-refractivity contribution in [2.75, 3.05) is 26.7 Å². The molecule has 2 amide bonds. The standard InChI is InChI=1S/C12H24N4O2/c1-8-5-15-9(6-14-8)10(17)16-7-12(2,3)11(18)13-4/h8-9,14-15H,5-7H2,1-4H3,(H,13,18)(H,16,17). The molecular weight excluding hydrogens is 232 g/mol. The predicted molar refractivity (Wildman–Crippen MR) is 70.1 cm³/mol. The van der Waals surface area contributed by atoms with Crippen molar-refractivity contribution in [3.05, 3.63) is 0 Å². The summed E-state index contributed by atoms with van der Waals surface area (Å²) in [6, 6.07) is 0.165. The zero-order valence-electron chi connectivity index (χ0n) is 11.6. The van der Waals surface area contributed by atoms with E-state index < -0.39 is 5.41 Å². The molecule has 4 N–H and O–H groups in total. The van der Waals surface area contributed by atoms with Gasteiger partial charge in [-0.25, -0.2) is 0 Å². The van der Waals surface area contributed by atoms with Gasteiger partial charge in [0.1, 0.15) is 0 Å². The molecular formula is C12H24N4O2. The molecule has 0 spiro atoms. The van der Waals surface area contributed by atoms with Crippen molar-refractivity contribution in [3.63, 3.8) is 0 Å². The van der Waals surface area contributed by atoms with Crippen molar-refractivity contribution in [2.45, 2.75) is 32.9 Å². The third kappa shape index (κ3) is 3.96. The Morgan fingerprint density at radius 2 is 1.94 bits per heavy atom. The minimum Gasteiger partial charge on any atom is -0.359 e. The zero-order chi connectivity index (χ0) is 13.8. The van der Waals surface area contributed by atoms with Crippen LogP contribution in [0.4, 0.5) is 0 Å². The Hall–Kier alpha value is -1.14. The molecule has 1 saturated heterocycles.